The standard InChI is InChI=1S/C20H29NO5/c1-6-25-18(23)15-9-7-8-14(12-15)16-10-11-21(17(22)13(16)2)19(24)26-20(3,4)5/h7-9,12-13,16-17,22H,6,10-11H2,1-5H3/t13-,16+,17?/m0/s1. The Kier molecular flexibility index (Phi) is 6.29. The van der Waals surface area contributed by atoms with Crippen LogP contribution in [0.3, 0.4) is 0 Å². The number of amides is 1. The zero-order chi connectivity index (χ0) is 19.5. The first-order chi connectivity index (χ1) is 12.1. The van der Waals surface area contributed by atoms with Crippen molar-refractivity contribution in [1.29, 1.82) is 0 Å². The number of esters is 1. The lowest BCUT2D eigenvalue weighted by atomic mass is 9.80. The molecule has 0 radical (unpaired) electrons. The Bertz CT molecular complexity index is 652. The van der Waals surface area contributed by atoms with E-state index in [1.165, 1.54) is 4.90 Å². The number of ether oxygens (including phenoxy) is 2. The lowest BCUT2D eigenvalue weighted by molar-refractivity contribution is -0.0751. The quantitative estimate of drug-likeness (QED) is 0.831. The summed E-state index contributed by atoms with van der Waals surface area (Å²) in [6.45, 7) is 9.80. The molecule has 1 N–H and O–H groups in total. The Morgan fingerprint density at radius 1 is 1.31 bits per heavy atom. The van der Waals surface area contributed by atoms with Crippen LogP contribution in [-0.2, 0) is 9.47 Å². The predicted octanol–water partition coefficient (Wildman–Crippen LogP) is 3.54. The predicted molar refractivity (Wildman–Crippen MR) is 97.9 cm³/mol. The van der Waals surface area contributed by atoms with Gasteiger partial charge in [-0.15, -0.1) is 0 Å². The van der Waals surface area contributed by atoms with Crippen LogP contribution in [0, 0.1) is 5.92 Å². The highest BCUT2D eigenvalue weighted by Gasteiger charge is 2.39. The van der Waals surface area contributed by atoms with E-state index in [2.05, 4.69) is 0 Å². The van der Waals surface area contributed by atoms with Crippen LogP contribution >= 0.6 is 0 Å². The van der Waals surface area contributed by atoms with Gasteiger partial charge in [0, 0.05) is 12.5 Å². The summed E-state index contributed by atoms with van der Waals surface area (Å²) in [5, 5.41) is 10.6. The summed E-state index contributed by atoms with van der Waals surface area (Å²) in [6, 6.07) is 7.30. The molecule has 1 aromatic rings. The minimum absolute atomic E-state index is 0.0399. The summed E-state index contributed by atoms with van der Waals surface area (Å²) >= 11 is 0. The molecule has 6 heteroatoms. The average molecular weight is 363 g/mol. The normalized spacial score (nSPS) is 23.5. The van der Waals surface area contributed by atoms with E-state index >= 15 is 0 Å². The highest BCUT2D eigenvalue weighted by Crippen LogP contribution is 2.36. The second-order valence-corrected chi connectivity index (χ2v) is 7.69. The van der Waals surface area contributed by atoms with Gasteiger partial charge in [0.25, 0.3) is 0 Å². The van der Waals surface area contributed by atoms with E-state index in [1.54, 1.807) is 33.8 Å². The molecule has 1 aromatic carbocycles. The Labute approximate surface area is 155 Å². The second-order valence-electron chi connectivity index (χ2n) is 7.69. The van der Waals surface area contributed by atoms with Crippen LogP contribution in [0.15, 0.2) is 24.3 Å². The van der Waals surface area contributed by atoms with Gasteiger partial charge >= 0.3 is 12.1 Å². The van der Waals surface area contributed by atoms with Gasteiger partial charge < -0.3 is 14.6 Å². The molecule has 0 aliphatic carbocycles. The first-order valence-corrected chi connectivity index (χ1v) is 9.08. The average Bonchev–Trinajstić information content (AvgIpc) is 2.56. The third-order valence-corrected chi connectivity index (χ3v) is 4.56. The zero-order valence-corrected chi connectivity index (χ0v) is 16.2. The van der Waals surface area contributed by atoms with E-state index in [0.29, 0.717) is 25.1 Å². The van der Waals surface area contributed by atoms with Gasteiger partial charge in [-0.1, -0.05) is 19.1 Å². The Balaban J connectivity index is 2.14. The maximum Gasteiger partial charge on any atom is 0.412 e. The van der Waals surface area contributed by atoms with E-state index in [1.807, 2.05) is 25.1 Å². The molecule has 1 saturated heterocycles. The van der Waals surface area contributed by atoms with Crippen LogP contribution in [0.5, 0.6) is 0 Å². The topological polar surface area (TPSA) is 76.1 Å². The fraction of sp³-hybridized carbons (Fsp3) is 0.600. The molecular weight excluding hydrogens is 334 g/mol. The summed E-state index contributed by atoms with van der Waals surface area (Å²) in [5.41, 5.74) is 0.858. The highest BCUT2D eigenvalue weighted by atomic mass is 16.6. The van der Waals surface area contributed by atoms with Gasteiger partial charge in [0.2, 0.25) is 0 Å². The summed E-state index contributed by atoms with van der Waals surface area (Å²) in [4.78, 5) is 25.6. The van der Waals surface area contributed by atoms with E-state index in [-0.39, 0.29) is 17.8 Å². The highest BCUT2D eigenvalue weighted by molar-refractivity contribution is 5.89. The molecule has 1 aliphatic heterocycles. The number of piperidine rings is 1. The summed E-state index contributed by atoms with van der Waals surface area (Å²) < 4.78 is 10.4. The van der Waals surface area contributed by atoms with Gasteiger partial charge in [-0.3, -0.25) is 4.90 Å². The van der Waals surface area contributed by atoms with Gasteiger partial charge in [-0.2, -0.15) is 0 Å². The third-order valence-electron chi connectivity index (χ3n) is 4.56. The van der Waals surface area contributed by atoms with Crippen LogP contribution in [0.4, 0.5) is 4.79 Å². The fourth-order valence-electron chi connectivity index (χ4n) is 3.27. The van der Waals surface area contributed by atoms with Crippen LogP contribution < -0.4 is 0 Å². The van der Waals surface area contributed by atoms with Crippen LogP contribution in [-0.4, -0.2) is 47.0 Å². The van der Waals surface area contributed by atoms with E-state index in [4.69, 9.17) is 9.47 Å². The molecule has 1 fully saturated rings. The molecule has 0 spiro atoms. The minimum atomic E-state index is -0.935. The first-order valence-electron chi connectivity index (χ1n) is 9.08. The molecule has 144 valence electrons. The van der Waals surface area contributed by atoms with Crippen molar-refractivity contribution in [3.8, 4) is 0 Å². The molecule has 2 rings (SSSR count). The van der Waals surface area contributed by atoms with E-state index in [0.717, 1.165) is 5.56 Å². The van der Waals surface area contributed by atoms with Gasteiger partial charge in [0.1, 0.15) is 11.8 Å². The fourth-order valence-corrected chi connectivity index (χ4v) is 3.27. The van der Waals surface area contributed by atoms with Crippen molar-refractivity contribution in [2.45, 2.75) is 58.8 Å². The van der Waals surface area contributed by atoms with Gasteiger partial charge in [0.05, 0.1) is 12.2 Å². The minimum Gasteiger partial charge on any atom is -0.462 e. The number of carbonyl (C=O) groups excluding carboxylic acids is 2. The molecule has 1 unspecified atom stereocenters. The number of hydrogen-bond acceptors (Lipinski definition) is 5. The maximum absolute atomic E-state index is 12.3. The molecular formula is C20H29NO5. The number of carbonyl (C=O) groups is 2. The molecule has 3 atom stereocenters. The lowest BCUT2D eigenvalue weighted by Crippen LogP contribution is -2.51. The number of nitrogens with zero attached hydrogens (tertiary/aromatic N) is 1. The summed E-state index contributed by atoms with van der Waals surface area (Å²) in [5.74, 6) is -0.500. The number of rotatable bonds is 3. The number of hydrogen-bond donors (Lipinski definition) is 1. The monoisotopic (exact) mass is 363 g/mol. The number of aliphatic hydroxyl groups excluding tert-OH is 1. The second kappa shape index (κ2) is 8.08. The van der Waals surface area contributed by atoms with Crippen molar-refractivity contribution in [3.63, 3.8) is 0 Å². The van der Waals surface area contributed by atoms with Crippen molar-refractivity contribution >= 4 is 12.1 Å². The van der Waals surface area contributed by atoms with Crippen LogP contribution in [0.2, 0.25) is 0 Å². The Morgan fingerprint density at radius 3 is 2.62 bits per heavy atom. The van der Waals surface area contributed by atoms with Crippen molar-refractivity contribution < 1.29 is 24.2 Å². The molecule has 1 aliphatic rings. The summed E-state index contributed by atoms with van der Waals surface area (Å²) in [6.07, 6.45) is -0.755. The lowest BCUT2D eigenvalue weighted by Gasteiger charge is -2.41. The van der Waals surface area contributed by atoms with E-state index < -0.39 is 17.9 Å². The first kappa shape index (κ1) is 20.2. The van der Waals surface area contributed by atoms with Gasteiger partial charge in [-0.25, -0.2) is 9.59 Å². The molecule has 0 aromatic heterocycles. The molecule has 26 heavy (non-hydrogen) atoms. The van der Waals surface area contributed by atoms with Crippen molar-refractivity contribution in [2.75, 3.05) is 13.2 Å². The van der Waals surface area contributed by atoms with Crippen molar-refractivity contribution in [1.82, 2.24) is 4.90 Å². The molecule has 0 bridgehead atoms. The molecule has 6 nitrogen and oxygen atoms in total. The largest absolute Gasteiger partial charge is 0.462 e. The van der Waals surface area contributed by atoms with Crippen LogP contribution in [0.25, 0.3) is 0 Å². The molecule has 1 amide bonds. The van der Waals surface area contributed by atoms with Crippen molar-refractivity contribution in [2.24, 2.45) is 5.92 Å². The Hall–Kier alpha value is -2.08. The van der Waals surface area contributed by atoms with E-state index in [9.17, 15) is 14.7 Å². The number of aliphatic hydroxyl groups is 1. The molecule has 1 heterocycles. The number of likely N-dealkylation sites (tertiary alicyclic amines) is 1. The number of benzene rings is 1. The van der Waals surface area contributed by atoms with Gasteiger partial charge in [0.15, 0.2) is 0 Å². The van der Waals surface area contributed by atoms with Crippen LogP contribution in [0.1, 0.15) is 62.9 Å². The summed E-state index contributed by atoms with van der Waals surface area (Å²) in [7, 11) is 0. The zero-order valence-electron chi connectivity index (χ0n) is 16.2. The van der Waals surface area contributed by atoms with Gasteiger partial charge in [-0.05, 0) is 57.7 Å². The Morgan fingerprint density at radius 2 is 2.00 bits per heavy atom. The molecule has 0 saturated carbocycles. The third kappa shape index (κ3) is 4.75. The smallest absolute Gasteiger partial charge is 0.412 e. The SMILES string of the molecule is CCOC(=O)c1cccc([C@@H]2CCN(C(=O)OC(C)(C)C)C(O)[C@H]2C)c1. The maximum atomic E-state index is 12.3. The van der Waals surface area contributed by atoms with Crippen molar-refractivity contribution in [3.05, 3.63) is 35.4 Å².